The Balaban J connectivity index is 1.68. The molecule has 3 rings (SSSR count). The quantitative estimate of drug-likeness (QED) is 0.924. The van der Waals surface area contributed by atoms with Gasteiger partial charge in [0.1, 0.15) is 5.82 Å². The van der Waals surface area contributed by atoms with E-state index in [-0.39, 0.29) is 5.82 Å². The maximum absolute atomic E-state index is 14.3. The average molecular weight is 291 g/mol. The van der Waals surface area contributed by atoms with Gasteiger partial charge in [-0.05, 0) is 37.4 Å². The number of anilines is 1. The Morgan fingerprint density at radius 1 is 1.10 bits per heavy atom. The van der Waals surface area contributed by atoms with Crippen LogP contribution in [0.4, 0.5) is 10.1 Å². The zero-order valence-corrected chi connectivity index (χ0v) is 12.7. The van der Waals surface area contributed by atoms with E-state index in [4.69, 9.17) is 5.73 Å². The van der Waals surface area contributed by atoms with E-state index in [1.807, 2.05) is 6.07 Å². The topological polar surface area (TPSA) is 32.5 Å². The summed E-state index contributed by atoms with van der Waals surface area (Å²) >= 11 is 0. The molecule has 21 heavy (non-hydrogen) atoms. The van der Waals surface area contributed by atoms with E-state index in [0.29, 0.717) is 6.54 Å². The number of piperazine rings is 1. The van der Waals surface area contributed by atoms with Crippen LogP contribution in [-0.4, -0.2) is 43.7 Å². The van der Waals surface area contributed by atoms with Gasteiger partial charge in [0, 0.05) is 32.2 Å². The Morgan fingerprint density at radius 2 is 1.81 bits per heavy atom. The first-order valence-electron chi connectivity index (χ1n) is 8.26. The van der Waals surface area contributed by atoms with Gasteiger partial charge in [0.25, 0.3) is 0 Å². The number of benzene rings is 1. The summed E-state index contributed by atoms with van der Waals surface area (Å²) in [6.45, 7) is 4.53. The lowest BCUT2D eigenvalue weighted by molar-refractivity contribution is 0.187. The molecule has 0 amide bonds. The van der Waals surface area contributed by atoms with Crippen molar-refractivity contribution in [1.29, 1.82) is 0 Å². The van der Waals surface area contributed by atoms with E-state index in [1.165, 1.54) is 25.7 Å². The lowest BCUT2D eigenvalue weighted by Crippen LogP contribution is -2.50. The minimum absolute atomic E-state index is 0.102. The molecule has 116 valence electrons. The van der Waals surface area contributed by atoms with Crippen LogP contribution >= 0.6 is 0 Å². The molecule has 0 atom stereocenters. The van der Waals surface area contributed by atoms with E-state index < -0.39 is 0 Å². The fraction of sp³-hybridized carbons (Fsp3) is 0.647. The largest absolute Gasteiger partial charge is 0.366 e. The lowest BCUT2D eigenvalue weighted by Gasteiger charge is -2.39. The molecule has 0 spiro atoms. The molecule has 1 heterocycles. The third-order valence-electron chi connectivity index (χ3n) is 4.96. The van der Waals surface area contributed by atoms with Crippen molar-refractivity contribution in [2.24, 2.45) is 5.73 Å². The number of rotatable bonds is 4. The Hall–Kier alpha value is -1.13. The normalized spacial score (nSPS) is 21.1. The highest BCUT2D eigenvalue weighted by atomic mass is 19.1. The number of hydrogen-bond donors (Lipinski definition) is 1. The standard InChI is InChI=1S/C17H26FN3/c18-16-7-3-4-14(8-9-19)17(16)21-12-10-20(11-13-21)15-5-1-2-6-15/h3-4,7,15H,1-2,5-6,8-13,19H2. The summed E-state index contributed by atoms with van der Waals surface area (Å²) in [4.78, 5) is 4.82. The number of halogens is 1. The molecular weight excluding hydrogens is 265 g/mol. The first kappa shape index (κ1) is 14.8. The van der Waals surface area contributed by atoms with Crippen molar-refractivity contribution in [3.63, 3.8) is 0 Å². The Labute approximate surface area is 126 Å². The van der Waals surface area contributed by atoms with Crippen LogP contribution in [0.25, 0.3) is 0 Å². The highest BCUT2D eigenvalue weighted by Gasteiger charge is 2.27. The monoisotopic (exact) mass is 291 g/mol. The average Bonchev–Trinajstić information content (AvgIpc) is 3.02. The van der Waals surface area contributed by atoms with Gasteiger partial charge in [-0.2, -0.15) is 0 Å². The SMILES string of the molecule is NCCc1cccc(F)c1N1CCN(C2CCCC2)CC1. The van der Waals surface area contributed by atoms with Crippen LogP contribution in [0, 0.1) is 5.82 Å². The van der Waals surface area contributed by atoms with Gasteiger partial charge < -0.3 is 10.6 Å². The van der Waals surface area contributed by atoms with Gasteiger partial charge in [0.2, 0.25) is 0 Å². The summed E-state index contributed by atoms with van der Waals surface area (Å²) in [6.07, 6.45) is 6.18. The van der Waals surface area contributed by atoms with E-state index >= 15 is 0 Å². The van der Waals surface area contributed by atoms with Crippen molar-refractivity contribution in [2.45, 2.75) is 38.1 Å². The van der Waals surface area contributed by atoms with Gasteiger partial charge in [-0.25, -0.2) is 4.39 Å². The fourth-order valence-electron chi connectivity index (χ4n) is 3.85. The van der Waals surface area contributed by atoms with E-state index in [2.05, 4.69) is 9.80 Å². The third kappa shape index (κ3) is 3.22. The van der Waals surface area contributed by atoms with Gasteiger partial charge >= 0.3 is 0 Å². The number of nitrogens with two attached hydrogens (primary N) is 1. The molecule has 4 heteroatoms. The van der Waals surface area contributed by atoms with Crippen molar-refractivity contribution in [3.8, 4) is 0 Å². The second-order valence-corrected chi connectivity index (χ2v) is 6.25. The highest BCUT2D eigenvalue weighted by Crippen LogP contribution is 2.28. The predicted octanol–water partition coefficient (Wildman–Crippen LogP) is 2.39. The zero-order chi connectivity index (χ0) is 14.7. The van der Waals surface area contributed by atoms with Crippen molar-refractivity contribution in [1.82, 2.24) is 4.90 Å². The van der Waals surface area contributed by atoms with Crippen LogP contribution in [0.1, 0.15) is 31.2 Å². The Bertz CT molecular complexity index is 463. The van der Waals surface area contributed by atoms with Gasteiger partial charge in [0.15, 0.2) is 0 Å². The molecule has 2 aliphatic rings. The van der Waals surface area contributed by atoms with Crippen LogP contribution in [0.15, 0.2) is 18.2 Å². The summed E-state index contributed by atoms with van der Waals surface area (Å²) in [5, 5.41) is 0. The lowest BCUT2D eigenvalue weighted by atomic mass is 10.1. The Morgan fingerprint density at radius 3 is 2.48 bits per heavy atom. The van der Waals surface area contributed by atoms with Crippen LogP contribution < -0.4 is 10.6 Å². The molecule has 1 saturated heterocycles. The second kappa shape index (κ2) is 6.75. The number of nitrogens with zero attached hydrogens (tertiary/aromatic N) is 2. The summed E-state index contributed by atoms with van der Waals surface area (Å²) < 4.78 is 14.3. The smallest absolute Gasteiger partial charge is 0.146 e. The summed E-state index contributed by atoms with van der Waals surface area (Å²) in [6, 6.07) is 6.14. The fourth-order valence-corrected chi connectivity index (χ4v) is 3.85. The minimum atomic E-state index is -0.102. The van der Waals surface area contributed by atoms with Gasteiger partial charge in [-0.3, -0.25) is 4.90 Å². The molecule has 1 saturated carbocycles. The van der Waals surface area contributed by atoms with E-state index in [1.54, 1.807) is 12.1 Å². The van der Waals surface area contributed by atoms with Crippen molar-refractivity contribution >= 4 is 5.69 Å². The summed E-state index contributed by atoms with van der Waals surface area (Å²) in [5.74, 6) is -0.102. The molecule has 0 bridgehead atoms. The Kier molecular flexibility index (Phi) is 4.76. The van der Waals surface area contributed by atoms with Gasteiger partial charge in [-0.15, -0.1) is 0 Å². The molecule has 2 fully saturated rings. The summed E-state index contributed by atoms with van der Waals surface area (Å²) in [5.41, 5.74) is 7.50. The molecule has 2 N–H and O–H groups in total. The predicted molar refractivity (Wildman–Crippen MR) is 85.2 cm³/mol. The first-order valence-corrected chi connectivity index (χ1v) is 8.26. The van der Waals surface area contributed by atoms with Crippen molar-refractivity contribution in [3.05, 3.63) is 29.6 Å². The second-order valence-electron chi connectivity index (χ2n) is 6.25. The molecule has 0 radical (unpaired) electrons. The molecule has 1 aromatic rings. The first-order chi connectivity index (χ1) is 10.3. The molecular formula is C17H26FN3. The maximum Gasteiger partial charge on any atom is 0.146 e. The van der Waals surface area contributed by atoms with E-state index in [9.17, 15) is 4.39 Å². The molecule has 3 nitrogen and oxygen atoms in total. The third-order valence-corrected chi connectivity index (χ3v) is 4.96. The van der Waals surface area contributed by atoms with E-state index in [0.717, 1.165) is 49.9 Å². The van der Waals surface area contributed by atoms with Crippen LogP contribution in [0.5, 0.6) is 0 Å². The van der Waals surface area contributed by atoms with Crippen LogP contribution in [0.2, 0.25) is 0 Å². The molecule has 0 aromatic heterocycles. The zero-order valence-electron chi connectivity index (χ0n) is 12.7. The number of hydrogen-bond acceptors (Lipinski definition) is 3. The van der Waals surface area contributed by atoms with Crippen LogP contribution in [0.3, 0.4) is 0 Å². The molecule has 1 aromatic carbocycles. The maximum atomic E-state index is 14.3. The molecule has 1 aliphatic heterocycles. The minimum Gasteiger partial charge on any atom is -0.366 e. The van der Waals surface area contributed by atoms with Crippen LogP contribution in [-0.2, 0) is 6.42 Å². The summed E-state index contributed by atoms with van der Waals surface area (Å²) in [7, 11) is 0. The van der Waals surface area contributed by atoms with Gasteiger partial charge in [-0.1, -0.05) is 25.0 Å². The highest BCUT2D eigenvalue weighted by molar-refractivity contribution is 5.55. The number of para-hydroxylation sites is 1. The van der Waals surface area contributed by atoms with Crippen molar-refractivity contribution < 1.29 is 4.39 Å². The molecule has 0 unspecified atom stereocenters. The van der Waals surface area contributed by atoms with Gasteiger partial charge in [0.05, 0.1) is 5.69 Å². The molecule has 1 aliphatic carbocycles. The van der Waals surface area contributed by atoms with Crippen molar-refractivity contribution in [2.75, 3.05) is 37.6 Å².